The molecule has 0 aromatic carbocycles. The predicted molar refractivity (Wildman–Crippen MR) is 74.8 cm³/mol. The molecule has 0 atom stereocenters. The summed E-state index contributed by atoms with van der Waals surface area (Å²) >= 11 is 0. The van der Waals surface area contributed by atoms with Gasteiger partial charge in [0.1, 0.15) is 17.5 Å². The first kappa shape index (κ1) is 14.7. The van der Waals surface area contributed by atoms with Gasteiger partial charge in [0.05, 0.1) is 12.1 Å². The van der Waals surface area contributed by atoms with Gasteiger partial charge in [-0.15, -0.1) is 0 Å². The highest BCUT2D eigenvalue weighted by atomic mass is 16.3. The van der Waals surface area contributed by atoms with E-state index in [0.29, 0.717) is 5.82 Å². The van der Waals surface area contributed by atoms with Gasteiger partial charge in [-0.1, -0.05) is 13.8 Å². The van der Waals surface area contributed by atoms with E-state index in [0.717, 1.165) is 17.2 Å². The van der Waals surface area contributed by atoms with E-state index in [9.17, 15) is 5.11 Å². The Morgan fingerprint density at radius 1 is 1.33 bits per heavy atom. The van der Waals surface area contributed by atoms with Crippen LogP contribution >= 0.6 is 0 Å². The van der Waals surface area contributed by atoms with Gasteiger partial charge in [0.2, 0.25) is 0 Å². The molecule has 5 nitrogen and oxygen atoms in total. The molecule has 0 aliphatic heterocycles. The third kappa shape index (κ3) is 2.72. The largest absolute Gasteiger partial charge is 0.394 e. The summed E-state index contributed by atoms with van der Waals surface area (Å²) in [5, 5.41) is 9.45. The Bertz CT molecular complexity index is 429. The quantitative estimate of drug-likeness (QED) is 0.853. The molecule has 1 aromatic heterocycles. The third-order valence-electron chi connectivity index (χ3n) is 3.30. The van der Waals surface area contributed by atoms with E-state index >= 15 is 0 Å². The van der Waals surface area contributed by atoms with Gasteiger partial charge in [0.25, 0.3) is 0 Å². The van der Waals surface area contributed by atoms with E-state index < -0.39 is 0 Å². The zero-order valence-electron chi connectivity index (χ0n) is 12.2. The van der Waals surface area contributed by atoms with E-state index in [4.69, 9.17) is 5.73 Å². The summed E-state index contributed by atoms with van der Waals surface area (Å²) < 4.78 is 0. The van der Waals surface area contributed by atoms with Crippen molar-refractivity contribution < 1.29 is 5.11 Å². The lowest BCUT2D eigenvalue weighted by molar-refractivity contribution is 0.215. The van der Waals surface area contributed by atoms with Crippen molar-refractivity contribution in [2.24, 2.45) is 0 Å². The minimum atomic E-state index is -0.389. The SMILES string of the molecule is Cc1c(N)nc(C(C)C)nc1N(C)C(C)(C)CO. The minimum absolute atomic E-state index is 0.0455. The van der Waals surface area contributed by atoms with E-state index in [1.54, 1.807) is 0 Å². The van der Waals surface area contributed by atoms with Crippen LogP contribution in [-0.2, 0) is 0 Å². The van der Waals surface area contributed by atoms with Gasteiger partial charge in [-0.05, 0) is 20.8 Å². The lowest BCUT2D eigenvalue weighted by Gasteiger charge is -2.36. The van der Waals surface area contributed by atoms with E-state index in [2.05, 4.69) is 9.97 Å². The zero-order chi connectivity index (χ0) is 14.1. The molecule has 0 radical (unpaired) electrons. The number of nitrogens with two attached hydrogens (primary N) is 1. The average molecular weight is 252 g/mol. The molecule has 0 bridgehead atoms. The number of hydrogen-bond acceptors (Lipinski definition) is 5. The molecule has 0 fully saturated rings. The maximum absolute atomic E-state index is 9.45. The topological polar surface area (TPSA) is 75.3 Å². The van der Waals surface area contributed by atoms with Crippen LogP contribution in [-0.4, -0.2) is 34.3 Å². The fraction of sp³-hybridized carbons (Fsp3) is 0.692. The van der Waals surface area contributed by atoms with Crippen LogP contribution in [0.25, 0.3) is 0 Å². The Labute approximate surface area is 109 Å². The van der Waals surface area contributed by atoms with Crippen LogP contribution in [0, 0.1) is 6.92 Å². The molecule has 0 amide bonds. The minimum Gasteiger partial charge on any atom is -0.394 e. The van der Waals surface area contributed by atoms with Crippen molar-refractivity contribution in [1.29, 1.82) is 0 Å². The number of nitrogen functional groups attached to an aromatic ring is 1. The fourth-order valence-electron chi connectivity index (χ4n) is 1.52. The molecule has 1 aromatic rings. The summed E-state index contributed by atoms with van der Waals surface area (Å²) in [6.07, 6.45) is 0. The molecular weight excluding hydrogens is 228 g/mol. The highest BCUT2D eigenvalue weighted by Crippen LogP contribution is 2.27. The van der Waals surface area contributed by atoms with Crippen molar-refractivity contribution >= 4 is 11.6 Å². The van der Waals surface area contributed by atoms with Crippen LogP contribution in [0.4, 0.5) is 11.6 Å². The summed E-state index contributed by atoms with van der Waals surface area (Å²) in [6, 6.07) is 0. The molecule has 0 unspecified atom stereocenters. The van der Waals surface area contributed by atoms with Crippen LogP contribution in [0.5, 0.6) is 0 Å². The molecule has 1 heterocycles. The number of aliphatic hydroxyl groups is 1. The van der Waals surface area contributed by atoms with Crippen LogP contribution < -0.4 is 10.6 Å². The van der Waals surface area contributed by atoms with Crippen molar-refractivity contribution in [2.45, 2.75) is 46.1 Å². The highest BCUT2D eigenvalue weighted by Gasteiger charge is 2.26. The second kappa shape index (κ2) is 5.10. The Morgan fingerprint density at radius 3 is 2.33 bits per heavy atom. The molecule has 0 spiro atoms. The van der Waals surface area contributed by atoms with Crippen molar-refractivity contribution in [3.63, 3.8) is 0 Å². The molecule has 0 saturated heterocycles. The highest BCUT2D eigenvalue weighted by molar-refractivity contribution is 5.57. The van der Waals surface area contributed by atoms with Crippen molar-refractivity contribution in [2.75, 3.05) is 24.3 Å². The number of aromatic nitrogens is 2. The van der Waals surface area contributed by atoms with Gasteiger partial charge >= 0.3 is 0 Å². The number of likely N-dealkylation sites (N-methyl/N-ethyl adjacent to an activating group) is 1. The lowest BCUT2D eigenvalue weighted by atomic mass is 10.0. The summed E-state index contributed by atoms with van der Waals surface area (Å²) in [5.41, 5.74) is 6.40. The second-order valence-electron chi connectivity index (χ2n) is 5.60. The molecule has 18 heavy (non-hydrogen) atoms. The monoisotopic (exact) mass is 252 g/mol. The normalized spacial score (nSPS) is 12.0. The van der Waals surface area contributed by atoms with Crippen LogP contribution in [0.2, 0.25) is 0 Å². The molecule has 3 N–H and O–H groups in total. The average Bonchev–Trinajstić information content (AvgIpc) is 2.31. The maximum atomic E-state index is 9.45. The Hall–Kier alpha value is -1.36. The van der Waals surface area contributed by atoms with Crippen LogP contribution in [0.1, 0.15) is 45.0 Å². The number of hydrogen-bond donors (Lipinski definition) is 2. The maximum Gasteiger partial charge on any atom is 0.137 e. The van der Waals surface area contributed by atoms with Gasteiger partial charge in [-0.3, -0.25) is 0 Å². The number of rotatable bonds is 4. The van der Waals surface area contributed by atoms with Crippen molar-refractivity contribution in [3.05, 3.63) is 11.4 Å². The molecule has 5 heteroatoms. The molecule has 1 rings (SSSR count). The first-order valence-electron chi connectivity index (χ1n) is 6.19. The molecule has 0 aliphatic rings. The van der Waals surface area contributed by atoms with Gasteiger partial charge in [0, 0.05) is 18.5 Å². The standard InChI is InChI=1S/C13H24N4O/c1-8(2)11-15-10(14)9(3)12(16-11)17(6)13(4,5)7-18/h8,18H,7H2,1-6H3,(H2,14,15,16). The fourth-order valence-corrected chi connectivity index (χ4v) is 1.52. The molecule has 0 saturated carbocycles. The van der Waals surface area contributed by atoms with Gasteiger partial charge in [-0.2, -0.15) is 0 Å². The van der Waals surface area contributed by atoms with Gasteiger partial charge in [0.15, 0.2) is 0 Å². The van der Waals surface area contributed by atoms with E-state index in [1.807, 2.05) is 46.6 Å². The summed E-state index contributed by atoms with van der Waals surface area (Å²) in [6.45, 7) is 9.93. The predicted octanol–water partition coefficient (Wildman–Crippen LogP) is 1.70. The summed E-state index contributed by atoms with van der Waals surface area (Å²) in [7, 11) is 1.91. The Kier molecular flexibility index (Phi) is 4.16. The third-order valence-corrected chi connectivity index (χ3v) is 3.30. The zero-order valence-corrected chi connectivity index (χ0v) is 12.2. The van der Waals surface area contributed by atoms with Crippen LogP contribution in [0.3, 0.4) is 0 Å². The Balaban J connectivity index is 3.31. The second-order valence-corrected chi connectivity index (χ2v) is 5.60. The molecule has 0 aliphatic carbocycles. The van der Waals surface area contributed by atoms with Gasteiger partial charge < -0.3 is 15.7 Å². The summed E-state index contributed by atoms with van der Waals surface area (Å²) in [5.74, 6) is 2.24. The van der Waals surface area contributed by atoms with E-state index in [1.165, 1.54) is 0 Å². The first-order valence-corrected chi connectivity index (χ1v) is 6.19. The molecule has 102 valence electrons. The van der Waals surface area contributed by atoms with E-state index in [-0.39, 0.29) is 18.1 Å². The van der Waals surface area contributed by atoms with Crippen molar-refractivity contribution in [3.8, 4) is 0 Å². The number of aliphatic hydroxyl groups excluding tert-OH is 1. The van der Waals surface area contributed by atoms with Crippen LogP contribution in [0.15, 0.2) is 0 Å². The van der Waals surface area contributed by atoms with Crippen molar-refractivity contribution in [1.82, 2.24) is 9.97 Å². The number of nitrogens with zero attached hydrogens (tertiary/aromatic N) is 3. The molecular formula is C13H24N4O. The summed E-state index contributed by atoms with van der Waals surface area (Å²) in [4.78, 5) is 10.8. The number of anilines is 2. The van der Waals surface area contributed by atoms with Gasteiger partial charge in [-0.25, -0.2) is 9.97 Å². The smallest absolute Gasteiger partial charge is 0.137 e. The lowest BCUT2D eigenvalue weighted by Crippen LogP contribution is -2.45. The first-order chi connectivity index (χ1) is 8.20. The Morgan fingerprint density at radius 2 is 1.89 bits per heavy atom.